The topological polar surface area (TPSA) is 66.9 Å². The van der Waals surface area contributed by atoms with Crippen LogP contribution in [0.15, 0.2) is 48.4 Å². The van der Waals surface area contributed by atoms with Crippen molar-refractivity contribution in [1.82, 2.24) is 9.21 Å². The molecule has 0 saturated heterocycles. The number of carbonyl (C=O) groups excluding carboxylic acids is 1. The Kier molecular flexibility index (Phi) is 6.53. The van der Waals surface area contributed by atoms with Gasteiger partial charge in [0.05, 0.1) is 7.11 Å². The summed E-state index contributed by atoms with van der Waals surface area (Å²) in [6.45, 7) is 7.91. The van der Waals surface area contributed by atoms with Crippen LogP contribution in [0.4, 0.5) is 0 Å². The maximum absolute atomic E-state index is 12.6. The Morgan fingerprint density at radius 3 is 2.22 bits per heavy atom. The molecule has 0 aliphatic rings. The summed E-state index contributed by atoms with van der Waals surface area (Å²) >= 11 is 0. The van der Waals surface area contributed by atoms with Crippen molar-refractivity contribution >= 4 is 15.9 Å². The van der Waals surface area contributed by atoms with Gasteiger partial charge in [0.2, 0.25) is 10.0 Å². The van der Waals surface area contributed by atoms with Gasteiger partial charge < -0.3 is 9.64 Å². The van der Waals surface area contributed by atoms with Crippen molar-refractivity contribution < 1.29 is 17.9 Å². The molecule has 1 aromatic rings. The number of benzene rings is 1. The SMILES string of the molecule is C=CCN(CC=C)C(=O)c1ccc(OC)c(S(=O)(=O)N(C)C)c1. The number of methoxy groups -OCH3 is 1. The van der Waals surface area contributed by atoms with Crippen LogP contribution in [0.1, 0.15) is 10.4 Å². The molecule has 1 aromatic carbocycles. The quantitative estimate of drug-likeness (QED) is 0.678. The van der Waals surface area contributed by atoms with Gasteiger partial charge in [-0.15, -0.1) is 13.2 Å². The minimum atomic E-state index is -3.73. The summed E-state index contributed by atoms with van der Waals surface area (Å²) in [5.41, 5.74) is 0.259. The Morgan fingerprint density at radius 1 is 1.22 bits per heavy atom. The highest BCUT2D eigenvalue weighted by atomic mass is 32.2. The molecular formula is C16H22N2O4S. The molecule has 1 rings (SSSR count). The molecule has 7 heteroatoms. The van der Waals surface area contributed by atoms with Crippen LogP contribution in [0.3, 0.4) is 0 Å². The molecule has 1 amide bonds. The van der Waals surface area contributed by atoms with Crippen molar-refractivity contribution in [3.63, 3.8) is 0 Å². The van der Waals surface area contributed by atoms with Gasteiger partial charge in [0.25, 0.3) is 5.91 Å². The number of rotatable bonds is 8. The van der Waals surface area contributed by atoms with Gasteiger partial charge in [0, 0.05) is 32.7 Å². The summed E-state index contributed by atoms with van der Waals surface area (Å²) < 4.78 is 31.0. The van der Waals surface area contributed by atoms with Gasteiger partial charge in [-0.25, -0.2) is 12.7 Å². The lowest BCUT2D eigenvalue weighted by molar-refractivity contribution is 0.0790. The molecule has 0 unspecified atom stereocenters. The molecule has 0 bridgehead atoms. The number of nitrogens with zero attached hydrogens (tertiary/aromatic N) is 2. The van der Waals surface area contributed by atoms with Crippen LogP contribution in [0.2, 0.25) is 0 Å². The summed E-state index contributed by atoms with van der Waals surface area (Å²) in [5, 5.41) is 0. The number of sulfonamides is 1. The van der Waals surface area contributed by atoms with Crippen molar-refractivity contribution in [2.75, 3.05) is 34.3 Å². The molecule has 0 spiro atoms. The highest BCUT2D eigenvalue weighted by molar-refractivity contribution is 7.89. The molecule has 0 heterocycles. The van der Waals surface area contributed by atoms with Gasteiger partial charge in [-0.3, -0.25) is 4.79 Å². The van der Waals surface area contributed by atoms with E-state index in [9.17, 15) is 13.2 Å². The van der Waals surface area contributed by atoms with Gasteiger partial charge in [-0.2, -0.15) is 0 Å². The average molecular weight is 338 g/mol. The van der Waals surface area contributed by atoms with Crippen molar-refractivity contribution in [2.45, 2.75) is 4.90 Å². The number of amides is 1. The zero-order valence-electron chi connectivity index (χ0n) is 13.7. The molecule has 0 N–H and O–H groups in total. The smallest absolute Gasteiger partial charge is 0.254 e. The fourth-order valence-corrected chi connectivity index (χ4v) is 3.02. The Morgan fingerprint density at radius 2 is 1.78 bits per heavy atom. The molecule has 23 heavy (non-hydrogen) atoms. The minimum absolute atomic E-state index is 0.0481. The predicted octanol–water partition coefficient (Wildman–Crippen LogP) is 1.76. The van der Waals surface area contributed by atoms with Gasteiger partial charge in [0.15, 0.2) is 0 Å². The van der Waals surface area contributed by atoms with E-state index >= 15 is 0 Å². The Labute approximate surface area is 137 Å². The van der Waals surface area contributed by atoms with Gasteiger partial charge >= 0.3 is 0 Å². The molecule has 0 aliphatic carbocycles. The molecule has 0 atom stereocenters. The second-order valence-corrected chi connectivity index (χ2v) is 7.06. The Balaban J connectivity index is 3.37. The Bertz CT molecular complexity index is 686. The van der Waals surface area contributed by atoms with Crippen molar-refractivity contribution in [3.8, 4) is 5.75 Å². The van der Waals surface area contributed by atoms with Gasteiger partial charge in [-0.05, 0) is 18.2 Å². The Hall–Kier alpha value is -2.12. The molecule has 6 nitrogen and oxygen atoms in total. The first-order chi connectivity index (χ1) is 10.8. The number of ether oxygens (including phenoxy) is 1. The van der Waals surface area contributed by atoms with E-state index in [4.69, 9.17) is 4.74 Å². The molecule has 0 radical (unpaired) electrons. The molecular weight excluding hydrogens is 316 g/mol. The minimum Gasteiger partial charge on any atom is -0.495 e. The van der Waals surface area contributed by atoms with Crippen LogP contribution in [-0.2, 0) is 10.0 Å². The summed E-state index contributed by atoms with van der Waals surface area (Å²) in [4.78, 5) is 14.0. The van der Waals surface area contributed by atoms with Crippen LogP contribution in [0.5, 0.6) is 5.75 Å². The summed E-state index contributed by atoms with van der Waals surface area (Å²) in [5.74, 6) is -0.114. The molecule has 126 valence electrons. The monoisotopic (exact) mass is 338 g/mol. The molecule has 0 aromatic heterocycles. The van der Waals surface area contributed by atoms with E-state index < -0.39 is 10.0 Å². The normalized spacial score (nSPS) is 11.1. The van der Waals surface area contributed by atoms with Crippen molar-refractivity contribution in [2.24, 2.45) is 0 Å². The van der Waals surface area contributed by atoms with E-state index in [2.05, 4.69) is 13.2 Å². The maximum atomic E-state index is 12.6. The van der Waals surface area contributed by atoms with E-state index in [0.29, 0.717) is 13.1 Å². The first kappa shape index (κ1) is 18.9. The lowest BCUT2D eigenvalue weighted by Crippen LogP contribution is -2.31. The van der Waals surface area contributed by atoms with E-state index in [1.54, 1.807) is 12.2 Å². The van der Waals surface area contributed by atoms with Crippen LogP contribution in [-0.4, -0.2) is 57.8 Å². The van der Waals surface area contributed by atoms with E-state index in [1.165, 1.54) is 44.3 Å². The third-order valence-corrected chi connectivity index (χ3v) is 4.99. The number of hydrogen-bond acceptors (Lipinski definition) is 4. The highest BCUT2D eigenvalue weighted by Crippen LogP contribution is 2.27. The molecule has 0 saturated carbocycles. The lowest BCUT2D eigenvalue weighted by atomic mass is 10.2. The van der Waals surface area contributed by atoms with E-state index in [1.807, 2.05) is 0 Å². The van der Waals surface area contributed by atoms with Crippen LogP contribution >= 0.6 is 0 Å². The summed E-state index contributed by atoms with van der Waals surface area (Å²) in [7, 11) is 0.497. The predicted molar refractivity (Wildman–Crippen MR) is 90.2 cm³/mol. The number of hydrogen-bond donors (Lipinski definition) is 0. The molecule has 0 aliphatic heterocycles. The second kappa shape index (κ2) is 7.94. The third-order valence-electron chi connectivity index (χ3n) is 3.16. The standard InChI is InChI=1S/C16H22N2O4S/c1-6-10-18(11-7-2)16(19)13-8-9-14(22-5)15(12-13)23(20,21)17(3)4/h6-9,12H,1-2,10-11H2,3-5H3. The fraction of sp³-hybridized carbons (Fsp3) is 0.312. The van der Waals surface area contributed by atoms with Crippen molar-refractivity contribution in [1.29, 1.82) is 0 Å². The first-order valence-electron chi connectivity index (χ1n) is 6.91. The van der Waals surface area contributed by atoms with Crippen LogP contribution in [0, 0.1) is 0 Å². The zero-order valence-corrected chi connectivity index (χ0v) is 14.5. The first-order valence-corrected chi connectivity index (χ1v) is 8.35. The average Bonchev–Trinajstić information content (AvgIpc) is 2.53. The largest absolute Gasteiger partial charge is 0.495 e. The number of carbonyl (C=O) groups is 1. The lowest BCUT2D eigenvalue weighted by Gasteiger charge is -2.20. The van der Waals surface area contributed by atoms with E-state index in [0.717, 1.165) is 4.31 Å². The second-order valence-electron chi connectivity index (χ2n) is 4.94. The third kappa shape index (κ3) is 4.20. The van der Waals surface area contributed by atoms with Crippen LogP contribution in [0.25, 0.3) is 0 Å². The summed E-state index contributed by atoms with van der Waals surface area (Å²) in [6.07, 6.45) is 3.20. The molecule has 0 fully saturated rings. The highest BCUT2D eigenvalue weighted by Gasteiger charge is 2.24. The van der Waals surface area contributed by atoms with Gasteiger partial charge in [0.1, 0.15) is 10.6 Å². The zero-order chi connectivity index (χ0) is 17.6. The van der Waals surface area contributed by atoms with Crippen molar-refractivity contribution in [3.05, 3.63) is 49.1 Å². The fourth-order valence-electron chi connectivity index (χ4n) is 1.94. The maximum Gasteiger partial charge on any atom is 0.254 e. The van der Waals surface area contributed by atoms with Crippen LogP contribution < -0.4 is 4.74 Å². The van der Waals surface area contributed by atoms with E-state index in [-0.39, 0.29) is 22.1 Å². The van der Waals surface area contributed by atoms with Gasteiger partial charge in [-0.1, -0.05) is 12.2 Å². The summed E-state index contributed by atoms with van der Waals surface area (Å²) in [6, 6.07) is 4.34.